The van der Waals surface area contributed by atoms with Gasteiger partial charge in [-0.2, -0.15) is 5.10 Å². The molecule has 2 heterocycles. The van der Waals surface area contributed by atoms with E-state index in [1.807, 2.05) is 45.1 Å². The molecule has 0 spiro atoms. The van der Waals surface area contributed by atoms with Crippen LogP contribution in [0.4, 0.5) is 10.9 Å². The van der Waals surface area contributed by atoms with E-state index in [2.05, 4.69) is 44.2 Å². The number of unbranched alkanes of at least 4 members (excludes halogenated alkanes) is 1. The first-order valence-corrected chi connectivity index (χ1v) is 11.5. The predicted octanol–water partition coefficient (Wildman–Crippen LogP) is 5.64. The standard InChI is InChI=1S/C24H32N6OS/c1-6-10-18(4)15-19(5)25-24-30-29-23(32-24)12-9-8-11-20-13-14-21(28-27-20)26-22(31)16-17(3)7-2/h6-7,10,13-14H,4-5,8-9,11-12,15-16H2,1-3H3,(H,25,30)(H,26,28,31)/b10-6-,17-7+. The summed E-state index contributed by atoms with van der Waals surface area (Å²) in [6.07, 6.45) is 10.5. The van der Waals surface area contributed by atoms with Gasteiger partial charge in [0.05, 0.1) is 5.69 Å². The first-order valence-electron chi connectivity index (χ1n) is 10.7. The molecule has 7 nitrogen and oxygen atoms in total. The molecule has 0 aliphatic carbocycles. The van der Waals surface area contributed by atoms with Gasteiger partial charge in [-0.05, 0) is 57.7 Å². The Morgan fingerprint density at radius 3 is 2.50 bits per heavy atom. The third-order valence-corrected chi connectivity index (χ3v) is 5.48. The van der Waals surface area contributed by atoms with Gasteiger partial charge in [0.15, 0.2) is 5.82 Å². The Bertz CT molecular complexity index is 975. The minimum atomic E-state index is -0.0835. The van der Waals surface area contributed by atoms with E-state index in [0.717, 1.165) is 58.4 Å². The van der Waals surface area contributed by atoms with Crippen LogP contribution in [0, 0.1) is 0 Å². The molecule has 2 aromatic rings. The van der Waals surface area contributed by atoms with Crippen LogP contribution in [0.15, 0.2) is 60.4 Å². The number of carbonyl (C=O) groups excluding carboxylic acids is 1. The van der Waals surface area contributed by atoms with E-state index in [-0.39, 0.29) is 5.91 Å². The largest absolute Gasteiger partial charge is 0.334 e. The van der Waals surface area contributed by atoms with E-state index >= 15 is 0 Å². The number of nitrogens with one attached hydrogen (secondary N) is 2. The van der Waals surface area contributed by atoms with Gasteiger partial charge in [0.1, 0.15) is 5.01 Å². The van der Waals surface area contributed by atoms with Gasteiger partial charge in [0.2, 0.25) is 11.0 Å². The Hall–Kier alpha value is -3.13. The van der Waals surface area contributed by atoms with Crippen molar-refractivity contribution >= 4 is 28.2 Å². The molecule has 2 N–H and O–H groups in total. The number of hydrogen-bond donors (Lipinski definition) is 2. The Labute approximate surface area is 194 Å². The van der Waals surface area contributed by atoms with Crippen LogP contribution in [-0.4, -0.2) is 26.3 Å². The Balaban J connectivity index is 1.70. The fourth-order valence-electron chi connectivity index (χ4n) is 2.85. The van der Waals surface area contributed by atoms with Crippen LogP contribution in [0.2, 0.25) is 0 Å². The second-order valence-corrected chi connectivity index (χ2v) is 8.60. The molecule has 0 radical (unpaired) electrons. The second-order valence-electron chi connectivity index (χ2n) is 7.54. The number of aryl methyl sites for hydroxylation is 2. The lowest BCUT2D eigenvalue weighted by atomic mass is 10.1. The maximum absolute atomic E-state index is 11.9. The molecule has 0 aromatic carbocycles. The first kappa shape index (κ1) is 25.1. The fraction of sp³-hybridized carbons (Fsp3) is 0.375. The van der Waals surface area contributed by atoms with Crippen LogP contribution in [0.1, 0.15) is 57.2 Å². The summed E-state index contributed by atoms with van der Waals surface area (Å²) in [7, 11) is 0. The summed E-state index contributed by atoms with van der Waals surface area (Å²) in [6, 6.07) is 3.71. The molecule has 32 heavy (non-hydrogen) atoms. The van der Waals surface area contributed by atoms with E-state index in [1.54, 1.807) is 17.4 Å². The van der Waals surface area contributed by atoms with Crippen molar-refractivity contribution in [2.24, 2.45) is 0 Å². The van der Waals surface area contributed by atoms with Gasteiger partial charge in [-0.15, -0.1) is 15.3 Å². The van der Waals surface area contributed by atoms with Crippen molar-refractivity contribution in [3.63, 3.8) is 0 Å². The van der Waals surface area contributed by atoms with Crippen LogP contribution in [-0.2, 0) is 17.6 Å². The van der Waals surface area contributed by atoms with E-state index in [0.29, 0.717) is 18.7 Å². The molecule has 170 valence electrons. The SMILES string of the molecule is C=C(/C=C\C)CC(=C)Nc1nnc(CCCCc2ccc(NC(=O)C/C(C)=C/C)nn2)s1. The van der Waals surface area contributed by atoms with Crippen molar-refractivity contribution in [2.45, 2.75) is 59.3 Å². The normalized spacial score (nSPS) is 11.5. The second kappa shape index (κ2) is 13.3. The molecule has 0 bridgehead atoms. The van der Waals surface area contributed by atoms with Crippen molar-refractivity contribution in [3.05, 3.63) is 71.1 Å². The molecular formula is C24H32N6OS. The highest BCUT2D eigenvalue weighted by Crippen LogP contribution is 2.20. The van der Waals surface area contributed by atoms with Gasteiger partial charge in [0.25, 0.3) is 0 Å². The summed E-state index contributed by atoms with van der Waals surface area (Å²) in [5, 5.41) is 24.5. The molecule has 0 fully saturated rings. The number of nitrogens with zero attached hydrogens (tertiary/aromatic N) is 4. The van der Waals surface area contributed by atoms with Crippen molar-refractivity contribution in [1.29, 1.82) is 0 Å². The van der Waals surface area contributed by atoms with Gasteiger partial charge in [-0.25, -0.2) is 0 Å². The van der Waals surface area contributed by atoms with Crippen molar-refractivity contribution in [3.8, 4) is 0 Å². The van der Waals surface area contributed by atoms with Crippen molar-refractivity contribution in [1.82, 2.24) is 20.4 Å². The zero-order valence-electron chi connectivity index (χ0n) is 19.1. The van der Waals surface area contributed by atoms with Gasteiger partial charge < -0.3 is 10.6 Å². The number of amides is 1. The van der Waals surface area contributed by atoms with Gasteiger partial charge in [-0.1, -0.05) is 48.3 Å². The quantitative estimate of drug-likeness (QED) is 0.232. The van der Waals surface area contributed by atoms with E-state index in [1.165, 1.54) is 0 Å². The molecule has 8 heteroatoms. The summed E-state index contributed by atoms with van der Waals surface area (Å²) < 4.78 is 0. The summed E-state index contributed by atoms with van der Waals surface area (Å²) in [6.45, 7) is 13.8. The van der Waals surface area contributed by atoms with E-state index < -0.39 is 0 Å². The Morgan fingerprint density at radius 2 is 1.81 bits per heavy atom. The number of hydrogen-bond acceptors (Lipinski definition) is 7. The lowest BCUT2D eigenvalue weighted by Gasteiger charge is -2.05. The zero-order chi connectivity index (χ0) is 23.3. The highest BCUT2D eigenvalue weighted by molar-refractivity contribution is 7.15. The highest BCUT2D eigenvalue weighted by atomic mass is 32.1. The number of aromatic nitrogens is 4. The third kappa shape index (κ3) is 9.34. The van der Waals surface area contributed by atoms with Crippen LogP contribution in [0.5, 0.6) is 0 Å². The van der Waals surface area contributed by atoms with E-state index in [4.69, 9.17) is 0 Å². The maximum Gasteiger partial charge on any atom is 0.229 e. The highest BCUT2D eigenvalue weighted by Gasteiger charge is 2.07. The molecule has 0 aliphatic rings. The average Bonchev–Trinajstić information content (AvgIpc) is 3.19. The number of carbonyl (C=O) groups is 1. The molecule has 0 saturated heterocycles. The molecule has 1 amide bonds. The van der Waals surface area contributed by atoms with Gasteiger partial charge >= 0.3 is 0 Å². The molecule has 2 aromatic heterocycles. The number of anilines is 2. The average molecular weight is 453 g/mol. The molecule has 0 unspecified atom stereocenters. The third-order valence-electron chi connectivity index (χ3n) is 4.59. The summed E-state index contributed by atoms with van der Waals surface area (Å²) in [5.41, 5.74) is 3.78. The fourth-order valence-corrected chi connectivity index (χ4v) is 3.68. The first-order chi connectivity index (χ1) is 15.4. The van der Waals surface area contributed by atoms with Crippen LogP contribution in [0.25, 0.3) is 0 Å². The number of rotatable bonds is 13. The molecule has 0 saturated carbocycles. The van der Waals surface area contributed by atoms with Crippen LogP contribution >= 0.6 is 11.3 Å². The minimum Gasteiger partial charge on any atom is -0.334 e. The summed E-state index contributed by atoms with van der Waals surface area (Å²) in [5.74, 6) is 0.396. The molecule has 2 rings (SSSR count). The Kier molecular flexibility index (Phi) is 10.5. The summed E-state index contributed by atoms with van der Waals surface area (Å²) >= 11 is 1.55. The predicted molar refractivity (Wildman–Crippen MR) is 133 cm³/mol. The van der Waals surface area contributed by atoms with Crippen molar-refractivity contribution in [2.75, 3.05) is 10.6 Å². The van der Waals surface area contributed by atoms with Gasteiger partial charge in [0, 0.05) is 25.0 Å². The van der Waals surface area contributed by atoms with Crippen molar-refractivity contribution < 1.29 is 4.79 Å². The molecule has 0 atom stereocenters. The summed E-state index contributed by atoms with van der Waals surface area (Å²) in [4.78, 5) is 11.9. The van der Waals surface area contributed by atoms with Gasteiger partial charge in [-0.3, -0.25) is 4.79 Å². The lowest BCUT2D eigenvalue weighted by molar-refractivity contribution is -0.115. The monoisotopic (exact) mass is 452 g/mol. The molecule has 0 aliphatic heterocycles. The van der Waals surface area contributed by atoms with E-state index in [9.17, 15) is 4.79 Å². The maximum atomic E-state index is 11.9. The zero-order valence-corrected chi connectivity index (χ0v) is 20.0. The van der Waals surface area contributed by atoms with Crippen LogP contribution in [0.3, 0.4) is 0 Å². The Morgan fingerprint density at radius 1 is 1.03 bits per heavy atom. The smallest absolute Gasteiger partial charge is 0.229 e. The van der Waals surface area contributed by atoms with Crippen LogP contribution < -0.4 is 10.6 Å². The topological polar surface area (TPSA) is 92.7 Å². The number of allylic oxidation sites excluding steroid dienone is 4. The minimum absolute atomic E-state index is 0.0835. The lowest BCUT2D eigenvalue weighted by Crippen LogP contribution is -2.13. The molecular weight excluding hydrogens is 420 g/mol.